The van der Waals surface area contributed by atoms with Crippen molar-refractivity contribution in [2.24, 2.45) is 0 Å². The molecule has 0 spiro atoms. The van der Waals surface area contributed by atoms with Crippen molar-refractivity contribution in [1.82, 2.24) is 10.2 Å². The molecule has 0 aliphatic carbocycles. The fourth-order valence-electron chi connectivity index (χ4n) is 2.74. The number of halogens is 1. The molecule has 3 amide bonds. The average Bonchev–Trinajstić information content (AvgIpc) is 2.94. The van der Waals surface area contributed by atoms with Gasteiger partial charge >= 0.3 is 6.03 Å². The third-order valence-corrected chi connectivity index (χ3v) is 4.64. The molecule has 1 fully saturated rings. The van der Waals surface area contributed by atoms with Crippen LogP contribution in [0.5, 0.6) is 11.5 Å². The molecule has 0 atom stereocenters. The van der Waals surface area contributed by atoms with Crippen molar-refractivity contribution in [3.8, 4) is 11.5 Å². The third-order valence-electron chi connectivity index (χ3n) is 4.12. The number of urea groups is 1. The van der Waals surface area contributed by atoms with Gasteiger partial charge in [-0.15, -0.1) is 0 Å². The van der Waals surface area contributed by atoms with Crippen molar-refractivity contribution in [2.45, 2.75) is 13.5 Å². The van der Waals surface area contributed by atoms with Crippen LogP contribution >= 0.6 is 15.9 Å². The van der Waals surface area contributed by atoms with Gasteiger partial charge in [0.1, 0.15) is 5.70 Å². The summed E-state index contributed by atoms with van der Waals surface area (Å²) in [5.74, 6) is -1.06. The second-order valence-corrected chi connectivity index (χ2v) is 6.99. The fourth-order valence-corrected chi connectivity index (χ4v) is 3.00. The topological polar surface area (TPSA) is 122 Å². The van der Waals surface area contributed by atoms with E-state index in [0.717, 1.165) is 27.1 Å². The summed E-state index contributed by atoms with van der Waals surface area (Å²) in [6, 6.07) is 8.69. The SMILES string of the molecule is CCOc1cc([N+](=O)[O-])cc(C=C2NC(=O)N(Cc3ccc(Br)cc3)C2=O)c1O. The smallest absolute Gasteiger partial charge is 0.329 e. The summed E-state index contributed by atoms with van der Waals surface area (Å²) in [7, 11) is 0. The molecule has 3 rings (SSSR count). The maximum atomic E-state index is 12.7. The Morgan fingerprint density at radius 2 is 1.97 bits per heavy atom. The first-order chi connectivity index (χ1) is 13.8. The van der Waals surface area contributed by atoms with Crippen molar-refractivity contribution in [2.75, 3.05) is 6.61 Å². The van der Waals surface area contributed by atoms with E-state index >= 15 is 0 Å². The van der Waals surface area contributed by atoms with Crippen LogP contribution in [0.4, 0.5) is 10.5 Å². The van der Waals surface area contributed by atoms with E-state index in [9.17, 15) is 24.8 Å². The molecule has 150 valence electrons. The highest BCUT2D eigenvalue weighted by Crippen LogP contribution is 2.36. The first-order valence-electron chi connectivity index (χ1n) is 8.53. The molecule has 1 heterocycles. The first-order valence-corrected chi connectivity index (χ1v) is 9.32. The van der Waals surface area contributed by atoms with E-state index in [1.165, 1.54) is 6.08 Å². The van der Waals surface area contributed by atoms with Crippen molar-refractivity contribution < 1.29 is 24.4 Å². The molecule has 0 aromatic heterocycles. The van der Waals surface area contributed by atoms with Gasteiger partial charge in [0.05, 0.1) is 24.1 Å². The number of nitro groups is 1. The molecule has 1 saturated heterocycles. The number of amides is 3. The van der Waals surface area contributed by atoms with Crippen LogP contribution in [-0.2, 0) is 11.3 Å². The van der Waals surface area contributed by atoms with Gasteiger partial charge in [-0.25, -0.2) is 4.79 Å². The predicted molar refractivity (Wildman–Crippen MR) is 107 cm³/mol. The Labute approximate surface area is 173 Å². The minimum absolute atomic E-state index is 0.0169. The van der Waals surface area contributed by atoms with Crippen LogP contribution in [0, 0.1) is 10.1 Å². The number of carbonyl (C=O) groups is 2. The van der Waals surface area contributed by atoms with Gasteiger partial charge in [-0.05, 0) is 30.7 Å². The van der Waals surface area contributed by atoms with E-state index in [1.54, 1.807) is 31.2 Å². The molecule has 1 aliphatic heterocycles. The van der Waals surface area contributed by atoms with Crippen LogP contribution in [0.1, 0.15) is 18.1 Å². The van der Waals surface area contributed by atoms with E-state index in [2.05, 4.69) is 21.2 Å². The molecule has 0 bridgehead atoms. The van der Waals surface area contributed by atoms with Crippen molar-refractivity contribution in [3.63, 3.8) is 0 Å². The zero-order chi connectivity index (χ0) is 21.1. The van der Waals surface area contributed by atoms with Crippen molar-refractivity contribution in [1.29, 1.82) is 0 Å². The van der Waals surface area contributed by atoms with Crippen LogP contribution < -0.4 is 10.1 Å². The zero-order valence-corrected chi connectivity index (χ0v) is 16.8. The number of non-ortho nitro benzene ring substituents is 1. The molecular weight excluding hydrogens is 446 g/mol. The Bertz CT molecular complexity index is 1020. The number of carbonyl (C=O) groups excluding carboxylic acids is 2. The molecule has 2 aromatic carbocycles. The minimum atomic E-state index is -0.640. The van der Waals surface area contributed by atoms with Gasteiger partial charge in [-0.2, -0.15) is 0 Å². The third kappa shape index (κ3) is 4.37. The van der Waals surface area contributed by atoms with E-state index in [4.69, 9.17) is 4.74 Å². The maximum absolute atomic E-state index is 12.7. The quantitative estimate of drug-likeness (QED) is 0.293. The van der Waals surface area contributed by atoms with Crippen LogP contribution in [-0.4, -0.2) is 33.5 Å². The Morgan fingerprint density at radius 3 is 2.59 bits per heavy atom. The Hall–Kier alpha value is -3.40. The number of nitrogens with one attached hydrogen (secondary N) is 1. The summed E-state index contributed by atoms with van der Waals surface area (Å²) < 4.78 is 6.09. The molecule has 0 unspecified atom stereocenters. The number of imide groups is 1. The summed E-state index contributed by atoms with van der Waals surface area (Å²) in [5, 5.41) is 23.9. The summed E-state index contributed by atoms with van der Waals surface area (Å²) >= 11 is 3.32. The van der Waals surface area contributed by atoms with E-state index < -0.39 is 16.9 Å². The van der Waals surface area contributed by atoms with Crippen LogP contribution in [0.2, 0.25) is 0 Å². The maximum Gasteiger partial charge on any atom is 0.329 e. The van der Waals surface area contributed by atoms with E-state index in [1.807, 2.05) is 0 Å². The van der Waals surface area contributed by atoms with Crippen LogP contribution in [0.25, 0.3) is 6.08 Å². The second kappa shape index (κ2) is 8.31. The number of hydrogen-bond donors (Lipinski definition) is 2. The fraction of sp³-hybridized carbons (Fsp3) is 0.158. The number of ether oxygens (including phenoxy) is 1. The predicted octanol–water partition coefficient (Wildman–Crippen LogP) is 3.55. The number of benzene rings is 2. The number of hydrogen-bond acceptors (Lipinski definition) is 6. The molecule has 2 aromatic rings. The normalized spacial score (nSPS) is 15.0. The number of aromatic hydroxyl groups is 1. The lowest BCUT2D eigenvalue weighted by Crippen LogP contribution is -2.30. The van der Waals surface area contributed by atoms with E-state index in [0.29, 0.717) is 0 Å². The number of rotatable bonds is 6. The van der Waals surface area contributed by atoms with Crippen molar-refractivity contribution >= 4 is 39.6 Å². The van der Waals surface area contributed by atoms with Gasteiger partial charge in [0.15, 0.2) is 11.5 Å². The molecule has 0 saturated carbocycles. The molecule has 0 radical (unpaired) electrons. The highest BCUT2D eigenvalue weighted by molar-refractivity contribution is 9.10. The lowest BCUT2D eigenvalue weighted by Gasteiger charge is -2.11. The van der Waals surface area contributed by atoms with Gasteiger partial charge in [0, 0.05) is 16.1 Å². The van der Waals surface area contributed by atoms with Crippen LogP contribution in [0.3, 0.4) is 0 Å². The highest BCUT2D eigenvalue weighted by atomic mass is 79.9. The molecule has 29 heavy (non-hydrogen) atoms. The molecule has 2 N–H and O–H groups in total. The van der Waals surface area contributed by atoms with Crippen LogP contribution in [0.15, 0.2) is 46.6 Å². The van der Waals surface area contributed by atoms with Gasteiger partial charge in [0.2, 0.25) is 0 Å². The molecule has 9 nitrogen and oxygen atoms in total. The summed E-state index contributed by atoms with van der Waals surface area (Å²) in [5.41, 5.74) is 0.304. The zero-order valence-electron chi connectivity index (χ0n) is 15.2. The first kappa shape index (κ1) is 20.3. The Balaban J connectivity index is 1.92. The number of nitrogens with zero attached hydrogens (tertiary/aromatic N) is 2. The molecule has 10 heteroatoms. The Kier molecular flexibility index (Phi) is 5.83. The summed E-state index contributed by atoms with van der Waals surface area (Å²) in [6.07, 6.45) is 1.19. The number of nitro benzene ring substituents is 1. The molecule has 1 aliphatic rings. The number of phenols is 1. The van der Waals surface area contributed by atoms with Gasteiger partial charge < -0.3 is 15.2 Å². The monoisotopic (exact) mass is 461 g/mol. The standard InChI is InChI=1S/C19H16BrN3O6/c1-2-29-16-9-14(23(27)28)7-12(17(16)24)8-15-18(25)22(19(26)21-15)10-11-3-5-13(20)6-4-11/h3-9,24H,2,10H2,1H3,(H,21,26). The largest absolute Gasteiger partial charge is 0.504 e. The highest BCUT2D eigenvalue weighted by Gasteiger charge is 2.34. The van der Waals surface area contributed by atoms with E-state index in [-0.39, 0.29) is 41.6 Å². The summed E-state index contributed by atoms with van der Waals surface area (Å²) in [6.45, 7) is 1.90. The lowest BCUT2D eigenvalue weighted by molar-refractivity contribution is -0.385. The number of phenolic OH excluding ortho intramolecular Hbond substituents is 1. The van der Waals surface area contributed by atoms with Crippen molar-refractivity contribution in [3.05, 3.63) is 67.8 Å². The average molecular weight is 462 g/mol. The molecular formula is C19H16BrN3O6. The lowest BCUT2D eigenvalue weighted by atomic mass is 10.1. The van der Waals surface area contributed by atoms with Gasteiger partial charge in [0.25, 0.3) is 11.6 Å². The summed E-state index contributed by atoms with van der Waals surface area (Å²) in [4.78, 5) is 36.4. The second-order valence-electron chi connectivity index (χ2n) is 6.08. The van der Waals surface area contributed by atoms with Gasteiger partial charge in [-0.1, -0.05) is 28.1 Å². The Morgan fingerprint density at radius 1 is 1.28 bits per heavy atom. The minimum Gasteiger partial charge on any atom is -0.504 e. The van der Waals surface area contributed by atoms with Gasteiger partial charge in [-0.3, -0.25) is 19.8 Å².